The molecule has 8 nitrogen and oxygen atoms in total. The van der Waals surface area contributed by atoms with Gasteiger partial charge in [-0.2, -0.15) is 0 Å². The summed E-state index contributed by atoms with van der Waals surface area (Å²) in [6, 6.07) is -0.730. The molecule has 5 atom stereocenters. The Balaban J connectivity index is 1.87. The van der Waals surface area contributed by atoms with Crippen LogP contribution in [0.25, 0.3) is 0 Å². The van der Waals surface area contributed by atoms with Crippen molar-refractivity contribution in [3.8, 4) is 0 Å². The molecule has 3 N–H and O–H groups in total. The molecule has 3 fully saturated rings. The van der Waals surface area contributed by atoms with Crippen LogP contribution in [0.1, 0.15) is 79.6 Å². The van der Waals surface area contributed by atoms with E-state index in [0.717, 1.165) is 32.1 Å². The molecule has 0 aromatic rings. The molecule has 3 saturated heterocycles. The zero-order valence-electron chi connectivity index (χ0n) is 21.2. The smallest absolute Gasteiger partial charge is 0.246 e. The first kappa shape index (κ1) is 25.9. The van der Waals surface area contributed by atoms with Crippen LogP contribution in [0, 0.1) is 17.3 Å². The minimum absolute atomic E-state index is 0.0299. The van der Waals surface area contributed by atoms with Crippen LogP contribution in [-0.2, 0) is 19.1 Å². The van der Waals surface area contributed by atoms with E-state index in [2.05, 4.69) is 31.4 Å². The van der Waals surface area contributed by atoms with Gasteiger partial charge in [-0.3, -0.25) is 14.4 Å². The molecular formula is C25H43N3O5. The number of aliphatic hydroxyl groups excluding tert-OH is 1. The summed E-state index contributed by atoms with van der Waals surface area (Å²) in [4.78, 5) is 41.9. The molecule has 3 rings (SSSR count). The molecule has 3 heterocycles. The number of nitrogens with one attached hydrogen (secondary N) is 2. The average Bonchev–Trinajstić information content (AvgIpc) is 3.32. The monoisotopic (exact) mass is 465 g/mol. The summed E-state index contributed by atoms with van der Waals surface area (Å²) in [5, 5.41) is 14.9. The molecule has 2 unspecified atom stereocenters. The van der Waals surface area contributed by atoms with Gasteiger partial charge in [0.05, 0.1) is 17.9 Å². The summed E-state index contributed by atoms with van der Waals surface area (Å²) >= 11 is 0. The van der Waals surface area contributed by atoms with Crippen molar-refractivity contribution in [2.75, 3.05) is 20.2 Å². The quantitative estimate of drug-likeness (QED) is 0.428. The van der Waals surface area contributed by atoms with E-state index < -0.39 is 29.0 Å². The lowest BCUT2D eigenvalue weighted by Crippen LogP contribution is -2.59. The third kappa shape index (κ3) is 5.06. The van der Waals surface area contributed by atoms with Crippen LogP contribution in [0.15, 0.2) is 0 Å². The predicted molar refractivity (Wildman–Crippen MR) is 125 cm³/mol. The number of hydrogen-bond acceptors (Lipinski definition) is 5. The molecule has 8 heteroatoms. The van der Waals surface area contributed by atoms with Gasteiger partial charge in [0.25, 0.3) is 0 Å². The minimum Gasteiger partial charge on any atom is -0.396 e. The highest BCUT2D eigenvalue weighted by molar-refractivity contribution is 5.99. The largest absolute Gasteiger partial charge is 0.396 e. The van der Waals surface area contributed by atoms with Crippen molar-refractivity contribution in [2.45, 2.75) is 103 Å². The van der Waals surface area contributed by atoms with E-state index >= 15 is 0 Å². The van der Waals surface area contributed by atoms with Gasteiger partial charge >= 0.3 is 0 Å². The summed E-state index contributed by atoms with van der Waals surface area (Å²) in [6.45, 7) is 11.1. The Labute approximate surface area is 198 Å². The molecule has 0 aromatic carbocycles. The van der Waals surface area contributed by atoms with Gasteiger partial charge in [0, 0.05) is 25.7 Å². The highest BCUT2D eigenvalue weighted by atomic mass is 16.5. The number of rotatable bonds is 10. The zero-order valence-corrected chi connectivity index (χ0v) is 21.2. The first-order valence-corrected chi connectivity index (χ1v) is 12.5. The molecule has 0 aromatic heterocycles. The standard InChI is InChI=1S/C25H43N3O5/c1-23(2,3)15-24(4,5)27-21(31)19-25-12-11-16(33-25)17(20(30)26-6)18(25)22(32)28(19)13-9-7-8-10-14-29/h16-19,29H,7-15H2,1-6H3,(H,26,30)(H,27,31)/t16-,17+,18+,19?,25?/m1/s1. The summed E-state index contributed by atoms with van der Waals surface area (Å²) in [7, 11) is 1.58. The Morgan fingerprint density at radius 3 is 2.39 bits per heavy atom. The van der Waals surface area contributed by atoms with E-state index in [0.29, 0.717) is 19.4 Å². The third-order valence-electron chi connectivity index (χ3n) is 7.34. The van der Waals surface area contributed by atoms with Crippen LogP contribution in [0.5, 0.6) is 0 Å². The van der Waals surface area contributed by atoms with Crippen LogP contribution in [0.3, 0.4) is 0 Å². The Bertz CT molecular complexity index is 762. The van der Waals surface area contributed by atoms with Gasteiger partial charge in [-0.1, -0.05) is 33.6 Å². The molecule has 0 aliphatic carbocycles. The Morgan fingerprint density at radius 2 is 1.79 bits per heavy atom. The summed E-state index contributed by atoms with van der Waals surface area (Å²) in [5.41, 5.74) is -1.36. The van der Waals surface area contributed by atoms with Gasteiger partial charge < -0.3 is 25.4 Å². The minimum atomic E-state index is -0.939. The number of fused-ring (bicyclic) bond motifs is 1. The first-order chi connectivity index (χ1) is 15.4. The SMILES string of the molecule is CNC(=O)[C@@H]1[C@H]2C(=O)N(CCCCCCO)C(C(=O)NC(C)(C)CC(C)(C)C)C23CC[C@H]1O3. The van der Waals surface area contributed by atoms with E-state index in [1.165, 1.54) is 0 Å². The van der Waals surface area contributed by atoms with Gasteiger partial charge in [-0.05, 0) is 51.4 Å². The predicted octanol–water partition coefficient (Wildman–Crippen LogP) is 1.99. The van der Waals surface area contributed by atoms with Gasteiger partial charge in [0.15, 0.2) is 0 Å². The molecule has 3 aliphatic heterocycles. The second kappa shape index (κ2) is 9.53. The fourth-order valence-corrected chi connectivity index (χ4v) is 6.68. The normalized spacial score (nSPS) is 31.1. The van der Waals surface area contributed by atoms with Crippen molar-refractivity contribution in [3.05, 3.63) is 0 Å². The molecule has 1 spiro atoms. The van der Waals surface area contributed by atoms with Crippen molar-refractivity contribution in [1.29, 1.82) is 0 Å². The number of likely N-dealkylation sites (tertiary alicyclic amines) is 1. The van der Waals surface area contributed by atoms with Crippen LogP contribution < -0.4 is 10.6 Å². The topological polar surface area (TPSA) is 108 Å². The molecule has 3 aliphatic rings. The Kier molecular flexibility index (Phi) is 7.49. The second-order valence-electron chi connectivity index (χ2n) is 12.0. The van der Waals surface area contributed by atoms with E-state index in [1.807, 2.05) is 13.8 Å². The van der Waals surface area contributed by atoms with Crippen molar-refractivity contribution in [2.24, 2.45) is 17.3 Å². The van der Waals surface area contributed by atoms with Crippen molar-refractivity contribution < 1.29 is 24.2 Å². The Morgan fingerprint density at radius 1 is 1.12 bits per heavy atom. The number of amides is 3. The lowest BCUT2D eigenvalue weighted by molar-refractivity contribution is -0.143. The van der Waals surface area contributed by atoms with Crippen molar-refractivity contribution in [1.82, 2.24) is 15.5 Å². The molecule has 188 valence electrons. The summed E-state index contributed by atoms with van der Waals surface area (Å²) in [5.74, 6) is -1.67. The first-order valence-electron chi connectivity index (χ1n) is 12.5. The summed E-state index contributed by atoms with van der Waals surface area (Å²) < 4.78 is 6.40. The lowest BCUT2D eigenvalue weighted by atomic mass is 9.70. The number of aliphatic hydroxyl groups is 1. The van der Waals surface area contributed by atoms with Crippen molar-refractivity contribution in [3.63, 3.8) is 0 Å². The molecule has 2 bridgehead atoms. The van der Waals surface area contributed by atoms with Crippen molar-refractivity contribution >= 4 is 17.7 Å². The number of carbonyl (C=O) groups excluding carboxylic acids is 3. The maximum Gasteiger partial charge on any atom is 0.246 e. The van der Waals surface area contributed by atoms with Gasteiger partial charge in [-0.25, -0.2) is 0 Å². The average molecular weight is 466 g/mol. The summed E-state index contributed by atoms with van der Waals surface area (Å²) in [6.07, 6.45) is 4.99. The zero-order chi connectivity index (χ0) is 24.6. The molecular weight excluding hydrogens is 422 g/mol. The van der Waals surface area contributed by atoms with Crippen LogP contribution in [0.2, 0.25) is 0 Å². The van der Waals surface area contributed by atoms with E-state index in [9.17, 15) is 14.4 Å². The third-order valence-corrected chi connectivity index (χ3v) is 7.34. The van der Waals surface area contributed by atoms with E-state index in [1.54, 1.807) is 11.9 Å². The number of carbonyl (C=O) groups is 3. The fraction of sp³-hybridized carbons (Fsp3) is 0.880. The van der Waals surface area contributed by atoms with Gasteiger partial charge in [-0.15, -0.1) is 0 Å². The van der Waals surface area contributed by atoms with E-state index in [-0.39, 0.29) is 35.8 Å². The molecule has 0 saturated carbocycles. The highest BCUT2D eigenvalue weighted by Gasteiger charge is 2.74. The highest BCUT2D eigenvalue weighted by Crippen LogP contribution is 2.58. The fourth-order valence-electron chi connectivity index (χ4n) is 6.68. The lowest BCUT2D eigenvalue weighted by Gasteiger charge is -2.38. The molecule has 33 heavy (non-hydrogen) atoms. The van der Waals surface area contributed by atoms with Gasteiger partial charge in [0.1, 0.15) is 11.6 Å². The number of unbranched alkanes of at least 4 members (excludes halogenated alkanes) is 3. The van der Waals surface area contributed by atoms with Crippen LogP contribution >= 0.6 is 0 Å². The maximum atomic E-state index is 13.8. The number of nitrogens with zero attached hydrogens (tertiary/aromatic N) is 1. The second-order valence-corrected chi connectivity index (χ2v) is 12.0. The van der Waals surface area contributed by atoms with Crippen LogP contribution in [-0.4, -0.2) is 71.2 Å². The molecule has 3 amide bonds. The number of ether oxygens (including phenoxy) is 1. The maximum absolute atomic E-state index is 13.8. The van der Waals surface area contributed by atoms with Gasteiger partial charge in [0.2, 0.25) is 17.7 Å². The van der Waals surface area contributed by atoms with Crippen LogP contribution in [0.4, 0.5) is 0 Å². The molecule has 0 radical (unpaired) electrons. The number of hydrogen-bond donors (Lipinski definition) is 3. The van der Waals surface area contributed by atoms with E-state index in [4.69, 9.17) is 9.84 Å². The Hall–Kier alpha value is -1.67.